The highest BCUT2D eigenvalue weighted by atomic mass is 35.5. The van der Waals surface area contributed by atoms with Crippen LogP contribution in [0.2, 0.25) is 0 Å². The Labute approximate surface area is 169 Å². The van der Waals surface area contributed by atoms with Crippen LogP contribution >= 0.6 is 12.4 Å². The van der Waals surface area contributed by atoms with Crippen LogP contribution in [0, 0.1) is 19.3 Å². The van der Waals surface area contributed by atoms with Crippen LogP contribution in [0.5, 0.6) is 0 Å². The summed E-state index contributed by atoms with van der Waals surface area (Å²) in [4.78, 5) is 15.0. The number of nitrogens with two attached hydrogens (primary N) is 1. The van der Waals surface area contributed by atoms with Gasteiger partial charge in [-0.15, -0.1) is 12.4 Å². The summed E-state index contributed by atoms with van der Waals surface area (Å²) in [6.45, 7) is 9.42. The highest BCUT2D eigenvalue weighted by Gasteiger charge is 2.39. The second-order valence-electron chi connectivity index (χ2n) is 7.16. The lowest BCUT2D eigenvalue weighted by molar-refractivity contribution is -0.143. The number of amides is 1. The molecule has 0 spiro atoms. The Hall–Kier alpha value is -1.15. The number of piperazine rings is 1. The van der Waals surface area contributed by atoms with E-state index in [1.807, 2.05) is 39.8 Å². The van der Waals surface area contributed by atoms with E-state index in [9.17, 15) is 13.2 Å². The minimum Gasteiger partial charge on any atom is -0.340 e. The maximum Gasteiger partial charge on any atom is 0.243 e. The molecule has 0 aliphatic carbocycles. The number of hydrogen-bond donors (Lipinski definition) is 1. The van der Waals surface area contributed by atoms with E-state index in [1.165, 1.54) is 4.31 Å². The fourth-order valence-corrected chi connectivity index (χ4v) is 5.25. The van der Waals surface area contributed by atoms with Gasteiger partial charge < -0.3 is 10.6 Å². The molecule has 27 heavy (non-hydrogen) atoms. The van der Waals surface area contributed by atoms with Gasteiger partial charge in [0.25, 0.3) is 0 Å². The third kappa shape index (κ3) is 4.65. The second kappa shape index (κ2) is 9.37. The Morgan fingerprint density at radius 3 is 2.15 bits per heavy atom. The number of benzene rings is 1. The van der Waals surface area contributed by atoms with Gasteiger partial charge in [0.1, 0.15) is 0 Å². The standard InChI is InChI=1S/C19H31N3O3S.ClH/c1-5-19(6-2,14-20)18(23)21-9-11-22(12-10-21)26(24,25)17-13-15(3)7-8-16(17)4;/h7-8,13H,5-6,9-12,14,20H2,1-4H3;1H. The van der Waals surface area contributed by atoms with Crippen molar-refractivity contribution in [3.8, 4) is 0 Å². The van der Waals surface area contributed by atoms with E-state index < -0.39 is 15.4 Å². The molecular weight excluding hydrogens is 386 g/mol. The zero-order valence-electron chi connectivity index (χ0n) is 16.7. The first-order valence-electron chi connectivity index (χ1n) is 9.28. The van der Waals surface area contributed by atoms with Crippen LogP contribution in [0.15, 0.2) is 23.1 Å². The van der Waals surface area contributed by atoms with Gasteiger partial charge in [0.2, 0.25) is 15.9 Å². The van der Waals surface area contributed by atoms with Crippen LogP contribution in [-0.4, -0.2) is 56.3 Å². The van der Waals surface area contributed by atoms with Crippen LogP contribution in [0.25, 0.3) is 0 Å². The van der Waals surface area contributed by atoms with Gasteiger partial charge in [-0.25, -0.2) is 8.42 Å². The molecule has 154 valence electrons. The molecule has 1 aliphatic heterocycles. The Bertz CT molecular complexity index is 747. The number of carbonyl (C=O) groups is 1. The van der Waals surface area contributed by atoms with Gasteiger partial charge in [-0.05, 0) is 43.9 Å². The molecule has 0 aromatic heterocycles. The minimum atomic E-state index is -3.55. The summed E-state index contributed by atoms with van der Waals surface area (Å²) in [5.41, 5.74) is 7.01. The number of hydrogen-bond acceptors (Lipinski definition) is 4. The molecule has 0 saturated carbocycles. The van der Waals surface area contributed by atoms with Gasteiger partial charge in [-0.2, -0.15) is 4.31 Å². The SMILES string of the molecule is CCC(CC)(CN)C(=O)N1CCN(S(=O)(=O)c2cc(C)ccc2C)CC1.Cl. The van der Waals surface area contributed by atoms with Gasteiger partial charge in [-0.3, -0.25) is 4.79 Å². The first-order valence-corrected chi connectivity index (χ1v) is 10.7. The maximum atomic E-state index is 13.0. The third-order valence-electron chi connectivity index (χ3n) is 5.69. The van der Waals surface area contributed by atoms with E-state index in [0.717, 1.165) is 11.1 Å². The lowest BCUT2D eigenvalue weighted by Gasteiger charge is -2.40. The molecular formula is C19H32ClN3O3S. The first kappa shape index (κ1) is 23.9. The normalized spacial score (nSPS) is 16.1. The van der Waals surface area contributed by atoms with Gasteiger partial charge in [-0.1, -0.05) is 26.0 Å². The average molecular weight is 418 g/mol. The molecule has 1 fully saturated rings. The summed E-state index contributed by atoms with van der Waals surface area (Å²) in [6.07, 6.45) is 1.39. The molecule has 1 heterocycles. The fourth-order valence-electron chi connectivity index (χ4n) is 3.52. The monoisotopic (exact) mass is 417 g/mol. The molecule has 0 atom stereocenters. The molecule has 2 rings (SSSR count). The van der Waals surface area contributed by atoms with Crippen molar-refractivity contribution >= 4 is 28.3 Å². The zero-order valence-corrected chi connectivity index (χ0v) is 18.3. The van der Waals surface area contributed by atoms with Crippen molar-refractivity contribution in [2.45, 2.75) is 45.4 Å². The largest absolute Gasteiger partial charge is 0.340 e. The van der Waals surface area contributed by atoms with Crippen molar-refractivity contribution in [3.05, 3.63) is 29.3 Å². The topological polar surface area (TPSA) is 83.7 Å². The Kier molecular flexibility index (Phi) is 8.29. The first-order chi connectivity index (χ1) is 12.2. The highest BCUT2D eigenvalue weighted by molar-refractivity contribution is 7.89. The van der Waals surface area contributed by atoms with E-state index in [1.54, 1.807) is 11.0 Å². The van der Waals surface area contributed by atoms with Gasteiger partial charge in [0.15, 0.2) is 0 Å². The number of aryl methyl sites for hydroxylation is 2. The molecule has 6 nitrogen and oxygen atoms in total. The van der Waals surface area contributed by atoms with Crippen molar-refractivity contribution in [1.82, 2.24) is 9.21 Å². The molecule has 0 unspecified atom stereocenters. The Morgan fingerprint density at radius 2 is 1.67 bits per heavy atom. The van der Waals surface area contributed by atoms with Crippen LogP contribution in [-0.2, 0) is 14.8 Å². The van der Waals surface area contributed by atoms with Gasteiger partial charge in [0, 0.05) is 32.7 Å². The smallest absolute Gasteiger partial charge is 0.243 e. The van der Waals surface area contributed by atoms with Crippen LogP contribution in [0.3, 0.4) is 0 Å². The van der Waals surface area contributed by atoms with Crippen molar-refractivity contribution in [2.75, 3.05) is 32.7 Å². The third-order valence-corrected chi connectivity index (χ3v) is 7.73. The van der Waals surface area contributed by atoms with Gasteiger partial charge >= 0.3 is 0 Å². The molecule has 1 amide bonds. The zero-order chi connectivity index (χ0) is 19.5. The Morgan fingerprint density at radius 1 is 1.11 bits per heavy atom. The number of rotatable bonds is 6. The van der Waals surface area contributed by atoms with E-state index in [4.69, 9.17) is 5.73 Å². The van der Waals surface area contributed by atoms with E-state index in [2.05, 4.69) is 0 Å². The average Bonchev–Trinajstić information content (AvgIpc) is 2.65. The summed E-state index contributed by atoms with van der Waals surface area (Å²) in [5.74, 6) is 0.0498. The molecule has 0 bridgehead atoms. The summed E-state index contributed by atoms with van der Waals surface area (Å²) < 4.78 is 27.5. The maximum absolute atomic E-state index is 13.0. The lowest BCUT2D eigenvalue weighted by atomic mass is 9.81. The predicted molar refractivity (Wildman–Crippen MR) is 111 cm³/mol. The van der Waals surface area contributed by atoms with Crippen molar-refractivity contribution < 1.29 is 13.2 Å². The van der Waals surface area contributed by atoms with Crippen molar-refractivity contribution in [2.24, 2.45) is 11.1 Å². The minimum absolute atomic E-state index is 0. The summed E-state index contributed by atoms with van der Waals surface area (Å²) >= 11 is 0. The molecule has 0 radical (unpaired) electrons. The quantitative estimate of drug-likeness (QED) is 0.769. The highest BCUT2D eigenvalue weighted by Crippen LogP contribution is 2.29. The number of nitrogens with zero attached hydrogens (tertiary/aromatic N) is 2. The predicted octanol–water partition coefficient (Wildman–Crippen LogP) is 2.32. The summed E-state index contributed by atoms with van der Waals surface area (Å²) in [5, 5.41) is 0. The summed E-state index contributed by atoms with van der Waals surface area (Å²) in [7, 11) is -3.55. The van der Waals surface area contributed by atoms with Crippen LogP contribution < -0.4 is 5.73 Å². The van der Waals surface area contributed by atoms with Crippen molar-refractivity contribution in [1.29, 1.82) is 0 Å². The lowest BCUT2D eigenvalue weighted by Crippen LogP contribution is -2.55. The molecule has 1 aromatic rings. The van der Waals surface area contributed by atoms with Gasteiger partial charge in [0.05, 0.1) is 10.3 Å². The number of carbonyl (C=O) groups excluding carboxylic acids is 1. The number of halogens is 1. The van der Waals surface area contributed by atoms with Crippen LogP contribution in [0.1, 0.15) is 37.8 Å². The summed E-state index contributed by atoms with van der Waals surface area (Å²) in [6, 6.07) is 5.46. The number of sulfonamides is 1. The Balaban J connectivity index is 0.00000364. The van der Waals surface area contributed by atoms with E-state index in [0.29, 0.717) is 50.5 Å². The van der Waals surface area contributed by atoms with E-state index in [-0.39, 0.29) is 18.3 Å². The molecule has 2 N–H and O–H groups in total. The molecule has 8 heteroatoms. The fraction of sp³-hybridized carbons (Fsp3) is 0.632. The van der Waals surface area contributed by atoms with Crippen LogP contribution in [0.4, 0.5) is 0 Å². The molecule has 1 aromatic carbocycles. The second-order valence-corrected chi connectivity index (χ2v) is 9.06. The molecule has 1 saturated heterocycles. The van der Waals surface area contributed by atoms with Crippen molar-refractivity contribution in [3.63, 3.8) is 0 Å². The van der Waals surface area contributed by atoms with E-state index >= 15 is 0 Å². The molecule has 1 aliphatic rings.